The topological polar surface area (TPSA) is 26.0 Å². The summed E-state index contributed by atoms with van der Waals surface area (Å²) in [6.07, 6.45) is 5.79. The first-order valence-electron chi connectivity index (χ1n) is 4.14. The molecule has 0 radical (unpaired) electrons. The maximum Gasteiger partial charge on any atom is 0.335 e. The second kappa shape index (κ2) is 3.29. The minimum Gasteiger partial charge on any atom is -0.135 e. The van der Waals surface area contributed by atoms with E-state index in [2.05, 4.69) is 0 Å². The van der Waals surface area contributed by atoms with Crippen LogP contribution in [0.3, 0.4) is 0 Å². The van der Waals surface area contributed by atoms with Crippen molar-refractivity contribution in [3.63, 3.8) is 0 Å². The second-order valence-corrected chi connectivity index (χ2v) is 8.68. The molecule has 0 aromatic rings. The normalized spacial score (nSPS) is 43.0. The predicted octanol–water partition coefficient (Wildman–Crippen LogP) is 2.64. The summed E-state index contributed by atoms with van der Waals surface area (Å²) in [4.78, 5) is 0. The van der Waals surface area contributed by atoms with Gasteiger partial charge in [-0.1, -0.05) is 6.42 Å². The van der Waals surface area contributed by atoms with E-state index in [-0.39, 0.29) is 0 Å². The third-order valence-electron chi connectivity index (χ3n) is 2.91. The molecule has 2 rings (SSSR count). The maximum absolute atomic E-state index is 5.65. The lowest BCUT2D eigenvalue weighted by Gasteiger charge is -2.15. The molecule has 0 aromatic heterocycles. The summed E-state index contributed by atoms with van der Waals surface area (Å²) in [5.74, 6) is 2.00. The predicted molar refractivity (Wildman–Crippen MR) is 55.3 cm³/mol. The van der Waals surface area contributed by atoms with Crippen molar-refractivity contribution in [2.75, 3.05) is 0 Å². The Labute approximate surface area is 77.7 Å². The minimum atomic E-state index is -0.623. The summed E-state index contributed by atoms with van der Waals surface area (Å²) < 4.78 is 0. The molecule has 2 saturated carbocycles. The van der Waals surface area contributed by atoms with Crippen molar-refractivity contribution in [1.29, 1.82) is 0 Å². The fourth-order valence-electron chi connectivity index (χ4n) is 2.45. The molecule has 2 fully saturated rings. The Balaban J connectivity index is 1.92. The van der Waals surface area contributed by atoms with Gasteiger partial charge in [-0.05, 0) is 31.1 Å². The highest BCUT2D eigenvalue weighted by atomic mass is 32.9. The van der Waals surface area contributed by atoms with Gasteiger partial charge in [-0.3, -0.25) is 0 Å². The number of fused-ring (bicyclic) bond motifs is 2. The average Bonchev–Trinajstić information content (AvgIpc) is 2.45. The zero-order chi connectivity index (χ0) is 7.84. The highest BCUT2D eigenvalue weighted by Gasteiger charge is 2.42. The molecule has 0 saturated heterocycles. The minimum absolute atomic E-state index is 0.623. The van der Waals surface area contributed by atoms with E-state index in [0.29, 0.717) is 0 Å². The van der Waals surface area contributed by atoms with Crippen molar-refractivity contribution in [2.45, 2.75) is 30.9 Å². The second-order valence-electron chi connectivity index (χ2n) is 3.60. The smallest absolute Gasteiger partial charge is 0.135 e. The average molecular weight is 206 g/mol. The number of hydrogen-bond acceptors (Lipinski definition) is 2. The molecule has 2 aliphatic rings. The van der Waals surface area contributed by atoms with E-state index in [1.54, 1.807) is 0 Å². The van der Waals surface area contributed by atoms with Crippen molar-refractivity contribution in [2.24, 2.45) is 17.3 Å². The van der Waals surface area contributed by atoms with Crippen LogP contribution in [0.15, 0.2) is 0 Å². The summed E-state index contributed by atoms with van der Waals surface area (Å²) in [6.45, 7) is 0. The Kier molecular flexibility index (Phi) is 2.52. The zero-order valence-corrected chi connectivity index (χ0v) is 8.93. The van der Waals surface area contributed by atoms with Crippen LogP contribution < -0.4 is 5.50 Å². The Morgan fingerprint density at radius 1 is 1.36 bits per heavy atom. The van der Waals surface area contributed by atoms with Gasteiger partial charge in [0.1, 0.15) is 11.4 Å². The van der Waals surface area contributed by atoms with Crippen LogP contribution in [0, 0.1) is 11.8 Å². The molecule has 0 heterocycles. The van der Waals surface area contributed by atoms with Gasteiger partial charge in [0, 0.05) is 0 Å². The fraction of sp³-hybridized carbons (Fsp3) is 1.00. The first-order valence-corrected chi connectivity index (χ1v) is 8.05. The molecule has 4 heteroatoms. The highest BCUT2D eigenvalue weighted by molar-refractivity contribution is 8.63. The van der Waals surface area contributed by atoms with Crippen LogP contribution in [0.5, 0.6) is 0 Å². The highest BCUT2D eigenvalue weighted by Crippen LogP contribution is 2.53. The molecule has 2 N–H and O–H groups in total. The molecule has 4 unspecified atom stereocenters. The lowest BCUT2D eigenvalue weighted by atomic mass is 10.0. The quantitative estimate of drug-likeness (QED) is 0.703. The lowest BCUT2D eigenvalue weighted by Crippen LogP contribution is -2.11. The molecule has 0 aliphatic heterocycles. The van der Waals surface area contributed by atoms with Crippen molar-refractivity contribution < 1.29 is 0 Å². The molecular weight excluding hydrogens is 193 g/mol. The van der Waals surface area contributed by atoms with Gasteiger partial charge in [0.25, 0.3) is 0 Å². The van der Waals surface area contributed by atoms with Crippen LogP contribution in [0.4, 0.5) is 0 Å². The summed E-state index contributed by atoms with van der Waals surface area (Å²) in [5.41, 5.74) is 5.65. The van der Waals surface area contributed by atoms with E-state index < -0.39 is 6.05 Å². The van der Waals surface area contributed by atoms with Gasteiger partial charge in [0.05, 0.1) is 5.25 Å². The molecule has 0 amide bonds. The van der Waals surface area contributed by atoms with Gasteiger partial charge >= 0.3 is 6.05 Å². The van der Waals surface area contributed by atoms with Crippen LogP contribution in [0.1, 0.15) is 25.7 Å². The van der Waals surface area contributed by atoms with Crippen LogP contribution >= 0.6 is 17.4 Å². The van der Waals surface area contributed by atoms with Crippen molar-refractivity contribution in [3.05, 3.63) is 0 Å². The van der Waals surface area contributed by atoms with Gasteiger partial charge in [0.15, 0.2) is 11.8 Å². The Hall–Kier alpha value is 0.830. The lowest BCUT2D eigenvalue weighted by molar-refractivity contribution is 0.493. The van der Waals surface area contributed by atoms with Gasteiger partial charge < -0.3 is 0 Å². The van der Waals surface area contributed by atoms with E-state index in [0.717, 1.165) is 17.1 Å². The Bertz CT molecular complexity index is 185. The van der Waals surface area contributed by atoms with E-state index >= 15 is 0 Å². The van der Waals surface area contributed by atoms with Crippen LogP contribution in [-0.4, -0.2) is 5.25 Å². The van der Waals surface area contributed by atoms with Crippen LogP contribution in [0.25, 0.3) is 0 Å². The standard InChI is InChI=1S/C7H13NPS2/c8-9(10)11-7-4-5-1-2-6(7)3-5/h5-7H,1-4H2,(H2,8,10)/q+1. The Morgan fingerprint density at radius 3 is 2.64 bits per heavy atom. The molecule has 62 valence electrons. The van der Waals surface area contributed by atoms with E-state index in [4.69, 9.17) is 17.3 Å². The molecule has 2 bridgehead atoms. The van der Waals surface area contributed by atoms with Gasteiger partial charge in [-0.25, -0.2) is 0 Å². The number of hydrogen-bond donors (Lipinski definition) is 1. The van der Waals surface area contributed by atoms with Gasteiger partial charge in [-0.2, -0.15) is 0 Å². The Morgan fingerprint density at radius 2 is 2.18 bits per heavy atom. The number of nitrogens with two attached hydrogens (primary N) is 1. The summed E-state index contributed by atoms with van der Waals surface area (Å²) in [5, 5.41) is 0.836. The van der Waals surface area contributed by atoms with Crippen LogP contribution in [-0.2, 0) is 11.8 Å². The van der Waals surface area contributed by atoms with Gasteiger partial charge in [0.2, 0.25) is 0 Å². The SMILES string of the molecule is N[P+](=S)SC1CC2CCC1C2. The van der Waals surface area contributed by atoms with Crippen LogP contribution in [0.2, 0.25) is 0 Å². The summed E-state index contributed by atoms with van der Waals surface area (Å²) >= 11 is 6.92. The molecule has 0 aromatic carbocycles. The molecule has 2 aliphatic carbocycles. The molecule has 0 spiro atoms. The fourth-order valence-corrected chi connectivity index (χ4v) is 6.06. The first-order chi connectivity index (χ1) is 5.25. The summed E-state index contributed by atoms with van der Waals surface area (Å²) in [6, 6.07) is -0.623. The monoisotopic (exact) mass is 206 g/mol. The number of rotatable bonds is 2. The zero-order valence-electron chi connectivity index (χ0n) is 6.40. The van der Waals surface area contributed by atoms with E-state index in [1.807, 2.05) is 11.4 Å². The van der Waals surface area contributed by atoms with Crippen molar-refractivity contribution >= 4 is 29.2 Å². The van der Waals surface area contributed by atoms with E-state index in [1.165, 1.54) is 25.7 Å². The third kappa shape index (κ3) is 1.77. The largest absolute Gasteiger partial charge is 0.335 e. The molecule has 11 heavy (non-hydrogen) atoms. The van der Waals surface area contributed by atoms with Crippen molar-refractivity contribution in [1.82, 2.24) is 0 Å². The van der Waals surface area contributed by atoms with Gasteiger partial charge in [-0.15, -0.1) is 5.50 Å². The molecular formula is C7H13NPS2+. The summed E-state index contributed by atoms with van der Waals surface area (Å²) in [7, 11) is 0. The first kappa shape index (κ1) is 8.43. The third-order valence-corrected chi connectivity index (χ3v) is 6.18. The maximum atomic E-state index is 5.65. The van der Waals surface area contributed by atoms with E-state index in [9.17, 15) is 0 Å². The molecule has 1 nitrogen and oxygen atoms in total. The van der Waals surface area contributed by atoms with Crippen molar-refractivity contribution in [3.8, 4) is 0 Å². The molecule has 4 atom stereocenters.